The minimum absolute atomic E-state index is 0.680. The first-order chi connectivity index (χ1) is 7.81. The van der Waals surface area contributed by atoms with Crippen LogP contribution >= 0.6 is 34.5 Å². The summed E-state index contributed by atoms with van der Waals surface area (Å²) in [4.78, 5) is 4.55. The van der Waals surface area contributed by atoms with Gasteiger partial charge in [-0.15, -0.1) is 22.9 Å². The Morgan fingerprint density at radius 1 is 1.25 bits per heavy atom. The Bertz CT molecular complexity index is 468. The van der Waals surface area contributed by atoms with E-state index in [2.05, 4.69) is 10.4 Å². The largest absolute Gasteiger partial charge is 0.241 e. The Hall–Kier alpha value is -0.570. The molecule has 0 fully saturated rings. The van der Waals surface area contributed by atoms with Crippen molar-refractivity contribution < 1.29 is 0 Å². The number of aryl methyl sites for hydroxylation is 1. The van der Waals surface area contributed by atoms with E-state index in [0.29, 0.717) is 5.88 Å². The summed E-state index contributed by atoms with van der Waals surface area (Å²) in [7, 11) is 0. The molecule has 84 valence electrons. The Morgan fingerprint density at radius 2 is 2.06 bits per heavy atom. The lowest BCUT2D eigenvalue weighted by Crippen LogP contribution is -1.86. The van der Waals surface area contributed by atoms with Gasteiger partial charge in [-0.05, 0) is 18.9 Å². The zero-order valence-electron chi connectivity index (χ0n) is 8.62. The molecule has 2 rings (SSSR count). The first-order valence-corrected chi connectivity index (χ1v) is 6.86. The number of benzene rings is 1. The van der Waals surface area contributed by atoms with Crippen LogP contribution in [0.25, 0.3) is 10.6 Å². The Kier molecular flexibility index (Phi) is 4.22. The van der Waals surface area contributed by atoms with Gasteiger partial charge < -0.3 is 0 Å². The number of rotatable bonds is 4. The van der Waals surface area contributed by atoms with Gasteiger partial charge in [-0.2, -0.15) is 0 Å². The Balaban J connectivity index is 2.22. The van der Waals surface area contributed by atoms with Gasteiger partial charge in [-0.1, -0.05) is 29.8 Å². The molecule has 0 spiro atoms. The summed E-state index contributed by atoms with van der Waals surface area (Å²) in [6.07, 6.45) is 1.90. The molecule has 0 unspecified atom stereocenters. The lowest BCUT2D eigenvalue weighted by molar-refractivity contribution is 0.900. The molecular weight excluding hydrogens is 261 g/mol. The molecule has 0 atom stereocenters. The molecule has 2 aromatic rings. The maximum Gasteiger partial charge on any atom is 0.125 e. The van der Waals surface area contributed by atoms with Crippen molar-refractivity contribution >= 4 is 34.5 Å². The third-order valence-electron chi connectivity index (χ3n) is 2.22. The normalized spacial score (nSPS) is 10.6. The van der Waals surface area contributed by atoms with Crippen molar-refractivity contribution in [1.82, 2.24) is 4.98 Å². The molecule has 1 nitrogen and oxygen atoms in total. The second kappa shape index (κ2) is 5.67. The van der Waals surface area contributed by atoms with Crippen LogP contribution in [-0.4, -0.2) is 10.9 Å². The fraction of sp³-hybridized carbons (Fsp3) is 0.250. The predicted octanol–water partition coefficient (Wildman–Crippen LogP) is 4.63. The highest BCUT2D eigenvalue weighted by Gasteiger charge is 2.07. The zero-order valence-corrected chi connectivity index (χ0v) is 10.9. The van der Waals surface area contributed by atoms with Crippen LogP contribution in [0.1, 0.15) is 12.1 Å². The summed E-state index contributed by atoms with van der Waals surface area (Å²) >= 11 is 13.4. The van der Waals surface area contributed by atoms with Gasteiger partial charge in [-0.3, -0.25) is 0 Å². The highest BCUT2D eigenvalue weighted by atomic mass is 35.5. The maximum atomic E-state index is 6.12. The molecule has 0 aliphatic carbocycles. The summed E-state index contributed by atoms with van der Waals surface area (Å²) < 4.78 is 0. The van der Waals surface area contributed by atoms with Gasteiger partial charge in [0.2, 0.25) is 0 Å². The molecule has 16 heavy (non-hydrogen) atoms. The summed E-state index contributed by atoms with van der Waals surface area (Å²) in [6.45, 7) is 0. The van der Waals surface area contributed by atoms with Crippen LogP contribution in [0.5, 0.6) is 0 Å². The molecule has 0 aliphatic heterocycles. The lowest BCUT2D eigenvalue weighted by Gasteiger charge is -1.98. The van der Waals surface area contributed by atoms with E-state index in [1.807, 2.05) is 24.3 Å². The number of thiazole rings is 1. The standard InChI is InChI=1S/C12H11Cl2NS/c13-7-3-4-9-8-16-12(15-9)10-5-1-2-6-11(10)14/h1-2,5-6,8H,3-4,7H2. The number of aromatic nitrogens is 1. The number of alkyl halides is 1. The van der Waals surface area contributed by atoms with E-state index in [-0.39, 0.29) is 0 Å². The van der Waals surface area contributed by atoms with Gasteiger partial charge >= 0.3 is 0 Å². The average molecular weight is 272 g/mol. The van der Waals surface area contributed by atoms with Crippen LogP contribution in [0.4, 0.5) is 0 Å². The summed E-state index contributed by atoms with van der Waals surface area (Å²) in [6, 6.07) is 7.78. The molecule has 4 heteroatoms. The molecule has 0 bridgehead atoms. The number of nitrogens with zero attached hydrogens (tertiary/aromatic N) is 1. The van der Waals surface area contributed by atoms with Crippen molar-refractivity contribution in [2.45, 2.75) is 12.8 Å². The van der Waals surface area contributed by atoms with Gasteiger partial charge in [-0.25, -0.2) is 4.98 Å². The molecule has 0 N–H and O–H groups in total. The lowest BCUT2D eigenvalue weighted by atomic mass is 10.2. The van der Waals surface area contributed by atoms with E-state index in [4.69, 9.17) is 23.2 Å². The smallest absolute Gasteiger partial charge is 0.125 e. The Morgan fingerprint density at radius 3 is 2.81 bits per heavy atom. The van der Waals surface area contributed by atoms with E-state index >= 15 is 0 Å². The van der Waals surface area contributed by atoms with E-state index in [0.717, 1.165) is 34.1 Å². The van der Waals surface area contributed by atoms with Crippen molar-refractivity contribution in [1.29, 1.82) is 0 Å². The second-order valence-corrected chi connectivity index (χ2v) is 5.06. The van der Waals surface area contributed by atoms with Crippen molar-refractivity contribution in [3.05, 3.63) is 40.4 Å². The van der Waals surface area contributed by atoms with E-state index in [9.17, 15) is 0 Å². The molecule has 0 aliphatic rings. The van der Waals surface area contributed by atoms with Crippen molar-refractivity contribution in [2.75, 3.05) is 5.88 Å². The topological polar surface area (TPSA) is 12.9 Å². The zero-order chi connectivity index (χ0) is 11.4. The highest BCUT2D eigenvalue weighted by molar-refractivity contribution is 7.13. The first-order valence-electron chi connectivity index (χ1n) is 5.06. The van der Waals surface area contributed by atoms with Crippen LogP contribution in [-0.2, 0) is 6.42 Å². The van der Waals surface area contributed by atoms with Gasteiger partial charge in [0.1, 0.15) is 5.01 Å². The first kappa shape index (κ1) is 11.9. The molecular formula is C12H11Cl2NS. The van der Waals surface area contributed by atoms with E-state index in [1.54, 1.807) is 11.3 Å². The SMILES string of the molecule is ClCCCc1csc(-c2ccccc2Cl)n1. The van der Waals surface area contributed by atoms with Crippen LogP contribution < -0.4 is 0 Å². The van der Waals surface area contributed by atoms with Gasteiger partial charge in [0, 0.05) is 16.8 Å². The predicted molar refractivity (Wildman–Crippen MR) is 71.6 cm³/mol. The molecule has 1 heterocycles. The number of halogens is 2. The van der Waals surface area contributed by atoms with Gasteiger partial charge in [0.15, 0.2) is 0 Å². The molecule has 0 amide bonds. The third-order valence-corrected chi connectivity index (χ3v) is 3.74. The van der Waals surface area contributed by atoms with Gasteiger partial charge in [0.25, 0.3) is 0 Å². The van der Waals surface area contributed by atoms with Crippen LogP contribution in [0.15, 0.2) is 29.6 Å². The summed E-state index contributed by atoms with van der Waals surface area (Å²) in [5.41, 5.74) is 2.10. The van der Waals surface area contributed by atoms with Crippen molar-refractivity contribution in [3.63, 3.8) is 0 Å². The average Bonchev–Trinajstić information content (AvgIpc) is 2.75. The minimum atomic E-state index is 0.680. The molecule has 1 aromatic heterocycles. The van der Waals surface area contributed by atoms with Crippen LogP contribution in [0.3, 0.4) is 0 Å². The fourth-order valence-corrected chi connectivity index (χ4v) is 2.74. The van der Waals surface area contributed by atoms with E-state index < -0.39 is 0 Å². The summed E-state index contributed by atoms with van der Waals surface area (Å²) in [5.74, 6) is 0.680. The van der Waals surface area contributed by atoms with Crippen molar-refractivity contribution in [3.8, 4) is 10.6 Å². The summed E-state index contributed by atoms with van der Waals surface area (Å²) in [5, 5.41) is 3.81. The van der Waals surface area contributed by atoms with E-state index in [1.165, 1.54) is 0 Å². The quantitative estimate of drug-likeness (QED) is 0.739. The number of hydrogen-bond acceptors (Lipinski definition) is 2. The minimum Gasteiger partial charge on any atom is -0.241 e. The Labute approximate surface area is 109 Å². The molecule has 1 aromatic carbocycles. The van der Waals surface area contributed by atoms with Crippen LogP contribution in [0.2, 0.25) is 5.02 Å². The number of hydrogen-bond donors (Lipinski definition) is 0. The monoisotopic (exact) mass is 271 g/mol. The molecule has 0 saturated heterocycles. The molecule has 0 radical (unpaired) electrons. The third kappa shape index (κ3) is 2.76. The van der Waals surface area contributed by atoms with Crippen LogP contribution in [0, 0.1) is 0 Å². The highest BCUT2D eigenvalue weighted by Crippen LogP contribution is 2.30. The fourth-order valence-electron chi connectivity index (χ4n) is 1.43. The second-order valence-electron chi connectivity index (χ2n) is 3.42. The molecule has 0 saturated carbocycles. The maximum absolute atomic E-state index is 6.12. The van der Waals surface area contributed by atoms with Crippen molar-refractivity contribution in [2.24, 2.45) is 0 Å². The van der Waals surface area contributed by atoms with Gasteiger partial charge in [0.05, 0.1) is 10.7 Å².